The first kappa shape index (κ1) is 21.5. The van der Waals surface area contributed by atoms with Crippen molar-refractivity contribution >= 4 is 0 Å². The molecule has 2 aromatic rings. The predicted octanol–water partition coefficient (Wildman–Crippen LogP) is 7.98. The summed E-state index contributed by atoms with van der Waals surface area (Å²) in [5.74, 6) is 2.70. The van der Waals surface area contributed by atoms with Crippen LogP contribution in [0.25, 0.3) is 11.1 Å². The van der Waals surface area contributed by atoms with E-state index < -0.39 is 0 Å². The van der Waals surface area contributed by atoms with Crippen LogP contribution < -0.4 is 4.74 Å². The van der Waals surface area contributed by atoms with E-state index in [2.05, 4.69) is 77.1 Å². The molecule has 148 valence electrons. The molecule has 0 amide bonds. The summed E-state index contributed by atoms with van der Waals surface area (Å²) in [6, 6.07) is 15.1. The van der Waals surface area contributed by atoms with Crippen LogP contribution in [-0.4, -0.2) is 6.61 Å². The molecule has 0 aromatic heterocycles. The lowest BCUT2D eigenvalue weighted by Crippen LogP contribution is -2.08. The molecule has 0 N–H and O–H groups in total. The average Bonchev–Trinajstić information content (AvgIpc) is 2.69. The summed E-state index contributed by atoms with van der Waals surface area (Å²) in [6.07, 6.45) is 7.79. The van der Waals surface area contributed by atoms with Crippen LogP contribution in [0.2, 0.25) is 0 Å². The second-order valence-electron chi connectivity index (χ2n) is 8.15. The minimum atomic E-state index is 0.791. The molecule has 2 aromatic carbocycles. The van der Waals surface area contributed by atoms with E-state index in [0.29, 0.717) is 0 Å². The highest BCUT2D eigenvalue weighted by Crippen LogP contribution is 2.30. The number of hydrogen-bond donors (Lipinski definition) is 0. The molecule has 0 spiro atoms. The second-order valence-corrected chi connectivity index (χ2v) is 8.15. The van der Waals surface area contributed by atoms with Gasteiger partial charge in [0.25, 0.3) is 0 Å². The largest absolute Gasteiger partial charge is 0.493 e. The molecule has 0 bridgehead atoms. The van der Waals surface area contributed by atoms with Crippen LogP contribution in [0, 0.1) is 25.7 Å². The molecule has 0 heterocycles. The predicted molar refractivity (Wildman–Crippen MR) is 119 cm³/mol. The summed E-state index contributed by atoms with van der Waals surface area (Å²) < 4.78 is 6.19. The van der Waals surface area contributed by atoms with E-state index in [9.17, 15) is 0 Å². The second kappa shape index (κ2) is 11.2. The van der Waals surface area contributed by atoms with E-state index in [1.165, 1.54) is 54.4 Å². The van der Waals surface area contributed by atoms with Gasteiger partial charge in [0.05, 0.1) is 6.61 Å². The van der Waals surface area contributed by atoms with E-state index in [4.69, 9.17) is 4.74 Å². The molecule has 0 aliphatic heterocycles. The summed E-state index contributed by atoms with van der Waals surface area (Å²) in [4.78, 5) is 0. The summed E-state index contributed by atoms with van der Waals surface area (Å²) in [6.45, 7) is 12.1. The Morgan fingerprint density at radius 3 is 2.26 bits per heavy atom. The van der Waals surface area contributed by atoms with Gasteiger partial charge in [-0.3, -0.25) is 0 Å². The molecule has 0 radical (unpaired) electrons. The van der Waals surface area contributed by atoms with Gasteiger partial charge in [0, 0.05) is 0 Å². The normalized spacial score (nSPS) is 13.4. The van der Waals surface area contributed by atoms with Crippen molar-refractivity contribution in [3.63, 3.8) is 0 Å². The number of aryl methyl sites for hydroxylation is 2. The molecule has 0 fully saturated rings. The third-order valence-corrected chi connectivity index (χ3v) is 5.97. The van der Waals surface area contributed by atoms with Gasteiger partial charge < -0.3 is 4.74 Å². The van der Waals surface area contributed by atoms with E-state index in [1.54, 1.807) is 0 Å². The number of rotatable bonds is 11. The zero-order chi connectivity index (χ0) is 19.6. The van der Waals surface area contributed by atoms with Crippen LogP contribution in [0.4, 0.5) is 0 Å². The number of benzene rings is 2. The molecule has 2 unspecified atom stereocenters. The van der Waals surface area contributed by atoms with Gasteiger partial charge in [0.1, 0.15) is 5.75 Å². The van der Waals surface area contributed by atoms with Crippen molar-refractivity contribution < 1.29 is 4.74 Å². The molecule has 0 aliphatic rings. The van der Waals surface area contributed by atoms with Crippen LogP contribution in [0.15, 0.2) is 42.5 Å². The quantitative estimate of drug-likeness (QED) is 0.391. The van der Waals surface area contributed by atoms with Crippen molar-refractivity contribution in [1.29, 1.82) is 0 Å². The van der Waals surface area contributed by atoms with Gasteiger partial charge in [-0.05, 0) is 66.5 Å². The maximum Gasteiger partial charge on any atom is 0.122 e. The molecule has 1 nitrogen and oxygen atoms in total. The van der Waals surface area contributed by atoms with E-state index >= 15 is 0 Å². The van der Waals surface area contributed by atoms with E-state index in [0.717, 1.165) is 30.6 Å². The molecular formula is C26H38O. The Morgan fingerprint density at radius 1 is 0.852 bits per heavy atom. The van der Waals surface area contributed by atoms with Gasteiger partial charge in [-0.25, -0.2) is 0 Å². The third-order valence-electron chi connectivity index (χ3n) is 5.97. The van der Waals surface area contributed by atoms with Gasteiger partial charge in [-0.1, -0.05) is 83.2 Å². The summed E-state index contributed by atoms with van der Waals surface area (Å²) >= 11 is 0. The molecule has 0 saturated heterocycles. The molecule has 0 saturated carbocycles. The Balaban J connectivity index is 1.89. The first-order chi connectivity index (χ1) is 13.0. The fraction of sp³-hybridized carbons (Fsp3) is 0.538. The van der Waals surface area contributed by atoms with Crippen LogP contribution in [0.3, 0.4) is 0 Å². The van der Waals surface area contributed by atoms with E-state index in [-0.39, 0.29) is 0 Å². The lowest BCUT2D eigenvalue weighted by Gasteiger charge is -2.18. The lowest BCUT2D eigenvalue weighted by atomic mass is 9.93. The van der Waals surface area contributed by atoms with Crippen molar-refractivity contribution in [3.05, 3.63) is 53.6 Å². The fourth-order valence-corrected chi connectivity index (χ4v) is 3.72. The zero-order valence-electron chi connectivity index (χ0n) is 18.1. The third kappa shape index (κ3) is 6.72. The molecular weight excluding hydrogens is 328 g/mol. The smallest absolute Gasteiger partial charge is 0.122 e. The van der Waals surface area contributed by atoms with Crippen molar-refractivity contribution in [2.24, 2.45) is 11.8 Å². The number of hydrogen-bond acceptors (Lipinski definition) is 1. The van der Waals surface area contributed by atoms with Crippen LogP contribution in [0.5, 0.6) is 5.75 Å². The highest BCUT2D eigenvalue weighted by atomic mass is 16.5. The van der Waals surface area contributed by atoms with Gasteiger partial charge in [0.15, 0.2) is 0 Å². The molecule has 0 aliphatic carbocycles. The van der Waals surface area contributed by atoms with Gasteiger partial charge >= 0.3 is 0 Å². The van der Waals surface area contributed by atoms with Gasteiger partial charge in [0.2, 0.25) is 0 Å². The molecule has 1 heteroatoms. The molecule has 2 rings (SSSR count). The lowest BCUT2D eigenvalue weighted by molar-refractivity contribution is 0.262. The van der Waals surface area contributed by atoms with Crippen LogP contribution >= 0.6 is 0 Å². The highest BCUT2D eigenvalue weighted by molar-refractivity contribution is 5.69. The topological polar surface area (TPSA) is 9.23 Å². The van der Waals surface area contributed by atoms with Crippen molar-refractivity contribution in [3.8, 4) is 16.9 Å². The van der Waals surface area contributed by atoms with Crippen LogP contribution in [0.1, 0.15) is 70.4 Å². The van der Waals surface area contributed by atoms with Gasteiger partial charge in [-0.15, -0.1) is 0 Å². The Bertz CT molecular complexity index is 674. The highest BCUT2D eigenvalue weighted by Gasteiger charge is 2.10. The van der Waals surface area contributed by atoms with Crippen molar-refractivity contribution in [2.45, 2.75) is 73.1 Å². The Morgan fingerprint density at radius 2 is 1.59 bits per heavy atom. The standard InChI is InChI=1S/C26H38O/c1-6-20(3)12-11-13-23(7-2)16-17-27-26-19-21(4)25(18-22(26)5)24-14-9-8-10-15-24/h8-10,14-15,18-20,23H,6-7,11-13,16-17H2,1-5H3. The number of ether oxygens (including phenoxy) is 1. The van der Waals surface area contributed by atoms with Gasteiger partial charge in [-0.2, -0.15) is 0 Å². The first-order valence-corrected chi connectivity index (χ1v) is 10.8. The average molecular weight is 367 g/mol. The SMILES string of the molecule is CCC(C)CCCC(CC)CCOc1cc(C)c(-c2ccccc2)cc1C. The minimum Gasteiger partial charge on any atom is -0.493 e. The Hall–Kier alpha value is -1.76. The van der Waals surface area contributed by atoms with Crippen molar-refractivity contribution in [2.75, 3.05) is 6.61 Å². The first-order valence-electron chi connectivity index (χ1n) is 10.8. The molecule has 27 heavy (non-hydrogen) atoms. The zero-order valence-corrected chi connectivity index (χ0v) is 18.1. The Kier molecular flexibility index (Phi) is 8.91. The van der Waals surface area contributed by atoms with E-state index in [1.807, 2.05) is 0 Å². The maximum atomic E-state index is 6.19. The maximum absolute atomic E-state index is 6.19. The summed E-state index contributed by atoms with van der Waals surface area (Å²) in [5.41, 5.74) is 5.08. The Labute approximate surface area is 167 Å². The molecule has 2 atom stereocenters. The van der Waals surface area contributed by atoms with Crippen molar-refractivity contribution in [1.82, 2.24) is 0 Å². The minimum absolute atomic E-state index is 0.791. The van der Waals surface area contributed by atoms with Crippen LogP contribution in [-0.2, 0) is 0 Å². The monoisotopic (exact) mass is 366 g/mol. The fourth-order valence-electron chi connectivity index (χ4n) is 3.72. The summed E-state index contributed by atoms with van der Waals surface area (Å²) in [5, 5.41) is 0. The summed E-state index contributed by atoms with van der Waals surface area (Å²) in [7, 11) is 0.